The molecule has 1 aromatic rings. The van der Waals surface area contributed by atoms with Crippen LogP contribution in [-0.2, 0) is 4.79 Å². The van der Waals surface area contributed by atoms with Crippen LogP contribution < -0.4 is 5.32 Å². The molecule has 0 saturated carbocycles. The number of carboxylic acid groups (broad SMARTS) is 1. The van der Waals surface area contributed by atoms with Crippen LogP contribution in [0.4, 0.5) is 4.39 Å². The van der Waals surface area contributed by atoms with E-state index in [4.69, 9.17) is 11.6 Å². The number of carbonyl (C=O) groups is 2. The Hall–Kier alpha value is -1.62. The monoisotopic (exact) mass is 287 g/mol. The van der Waals surface area contributed by atoms with E-state index in [1.807, 2.05) is 0 Å². The van der Waals surface area contributed by atoms with Gasteiger partial charge in [-0.3, -0.25) is 4.79 Å². The van der Waals surface area contributed by atoms with Gasteiger partial charge < -0.3 is 10.4 Å². The average molecular weight is 288 g/mol. The number of halogens is 2. The van der Waals surface area contributed by atoms with Crippen molar-refractivity contribution in [3.8, 4) is 0 Å². The number of hydrogen-bond acceptors (Lipinski definition) is 2. The van der Waals surface area contributed by atoms with E-state index in [1.54, 1.807) is 13.8 Å². The zero-order valence-electron chi connectivity index (χ0n) is 10.7. The van der Waals surface area contributed by atoms with Gasteiger partial charge in [-0.15, -0.1) is 0 Å². The first-order valence-electron chi connectivity index (χ1n) is 5.87. The van der Waals surface area contributed by atoms with Crippen LogP contribution in [-0.4, -0.2) is 22.5 Å². The highest BCUT2D eigenvalue weighted by molar-refractivity contribution is 6.30. The Kier molecular flexibility index (Phi) is 4.89. The van der Waals surface area contributed by atoms with Crippen molar-refractivity contribution >= 4 is 23.5 Å². The number of carbonyl (C=O) groups excluding carboxylic acids is 1. The molecule has 0 fully saturated rings. The minimum atomic E-state index is -1.34. The van der Waals surface area contributed by atoms with Gasteiger partial charge in [-0.05, 0) is 31.0 Å². The molecule has 6 heteroatoms. The van der Waals surface area contributed by atoms with Gasteiger partial charge in [0.05, 0.1) is 5.02 Å². The summed E-state index contributed by atoms with van der Waals surface area (Å²) in [4.78, 5) is 23.2. The molecule has 104 valence electrons. The fourth-order valence-corrected chi connectivity index (χ4v) is 1.83. The highest BCUT2D eigenvalue weighted by Crippen LogP contribution is 2.19. The summed E-state index contributed by atoms with van der Waals surface area (Å²) in [7, 11) is 0. The topological polar surface area (TPSA) is 66.4 Å². The molecule has 0 aliphatic heterocycles. The second kappa shape index (κ2) is 6.02. The van der Waals surface area contributed by atoms with Crippen LogP contribution in [0.1, 0.15) is 37.0 Å². The summed E-state index contributed by atoms with van der Waals surface area (Å²) in [6.07, 6.45) is 0.474. The van der Waals surface area contributed by atoms with Crippen molar-refractivity contribution in [2.45, 2.75) is 32.2 Å². The smallest absolute Gasteiger partial charge is 0.329 e. The molecule has 0 radical (unpaired) electrons. The summed E-state index contributed by atoms with van der Waals surface area (Å²) in [5, 5.41) is 11.6. The molecule has 0 unspecified atom stereocenters. The second-order valence-electron chi connectivity index (χ2n) is 4.18. The van der Waals surface area contributed by atoms with Crippen LogP contribution >= 0.6 is 11.6 Å². The molecule has 0 atom stereocenters. The van der Waals surface area contributed by atoms with Crippen molar-refractivity contribution in [2.24, 2.45) is 0 Å². The first kappa shape index (κ1) is 15.4. The molecule has 1 aromatic carbocycles. The molecular weight excluding hydrogens is 273 g/mol. The number of benzene rings is 1. The fourth-order valence-electron chi connectivity index (χ4n) is 1.71. The van der Waals surface area contributed by atoms with Crippen LogP contribution in [0.2, 0.25) is 5.02 Å². The third-order valence-electron chi connectivity index (χ3n) is 3.15. The van der Waals surface area contributed by atoms with E-state index in [2.05, 4.69) is 5.32 Å². The van der Waals surface area contributed by atoms with Crippen molar-refractivity contribution in [2.75, 3.05) is 0 Å². The molecule has 0 saturated heterocycles. The van der Waals surface area contributed by atoms with Crippen molar-refractivity contribution in [3.05, 3.63) is 34.6 Å². The maximum absolute atomic E-state index is 13.3. The third-order valence-corrected chi connectivity index (χ3v) is 3.46. The summed E-state index contributed by atoms with van der Waals surface area (Å²) in [5.41, 5.74) is -1.30. The number of amides is 1. The maximum Gasteiger partial charge on any atom is 0.329 e. The minimum absolute atomic E-state index is 0.0365. The molecule has 19 heavy (non-hydrogen) atoms. The van der Waals surface area contributed by atoms with E-state index in [0.29, 0.717) is 0 Å². The average Bonchev–Trinajstić information content (AvgIpc) is 2.38. The van der Waals surface area contributed by atoms with Gasteiger partial charge in [0.2, 0.25) is 0 Å². The molecule has 2 N–H and O–H groups in total. The number of carboxylic acids is 1. The minimum Gasteiger partial charge on any atom is -0.480 e. The molecule has 0 heterocycles. The summed E-state index contributed by atoms with van der Waals surface area (Å²) >= 11 is 5.52. The summed E-state index contributed by atoms with van der Waals surface area (Å²) < 4.78 is 13.3. The summed E-state index contributed by atoms with van der Waals surface area (Å²) in [6.45, 7) is 3.33. The van der Waals surface area contributed by atoms with E-state index in [0.717, 1.165) is 6.07 Å². The molecule has 4 nitrogen and oxygen atoms in total. The van der Waals surface area contributed by atoms with Gasteiger partial charge in [0, 0.05) is 5.56 Å². The Morgan fingerprint density at radius 1 is 1.37 bits per heavy atom. The van der Waals surface area contributed by atoms with Crippen molar-refractivity contribution in [1.29, 1.82) is 0 Å². The lowest BCUT2D eigenvalue weighted by atomic mass is 9.92. The predicted molar refractivity (Wildman–Crippen MR) is 69.8 cm³/mol. The van der Waals surface area contributed by atoms with Crippen molar-refractivity contribution in [1.82, 2.24) is 5.32 Å². The standard InChI is InChI=1S/C13H15ClFNO3/c1-3-13(4-2,12(18)19)16-11(17)8-5-6-9(14)10(15)7-8/h5-7H,3-4H2,1-2H3,(H,16,17)(H,18,19). The molecule has 0 aromatic heterocycles. The molecule has 1 amide bonds. The third kappa shape index (κ3) is 3.23. The van der Waals surface area contributed by atoms with E-state index in [-0.39, 0.29) is 23.4 Å². The SMILES string of the molecule is CCC(CC)(NC(=O)c1ccc(Cl)c(F)c1)C(=O)O. The number of hydrogen-bond donors (Lipinski definition) is 2. The van der Waals surface area contributed by atoms with Gasteiger partial charge in [-0.25, -0.2) is 9.18 Å². The van der Waals surface area contributed by atoms with Crippen LogP contribution in [0.3, 0.4) is 0 Å². The highest BCUT2D eigenvalue weighted by atomic mass is 35.5. The number of rotatable bonds is 5. The molecule has 1 rings (SSSR count). The normalized spacial score (nSPS) is 11.2. The van der Waals surface area contributed by atoms with Gasteiger partial charge in [0.25, 0.3) is 5.91 Å². The van der Waals surface area contributed by atoms with Gasteiger partial charge in [0.15, 0.2) is 0 Å². The molecule has 0 aliphatic carbocycles. The van der Waals surface area contributed by atoms with E-state index >= 15 is 0 Å². The Bertz CT molecular complexity index is 501. The largest absolute Gasteiger partial charge is 0.480 e. The van der Waals surface area contributed by atoms with Crippen molar-refractivity contribution < 1.29 is 19.1 Å². The predicted octanol–water partition coefficient (Wildman–Crippen LogP) is 2.85. The quantitative estimate of drug-likeness (QED) is 0.875. The van der Waals surface area contributed by atoms with Crippen LogP contribution in [0.15, 0.2) is 18.2 Å². The van der Waals surface area contributed by atoms with Gasteiger partial charge in [0.1, 0.15) is 11.4 Å². The van der Waals surface area contributed by atoms with E-state index in [9.17, 15) is 19.1 Å². The lowest BCUT2D eigenvalue weighted by Crippen LogP contribution is -2.53. The summed E-state index contributed by atoms with van der Waals surface area (Å²) in [5.74, 6) is -2.47. The van der Waals surface area contributed by atoms with Crippen LogP contribution in [0, 0.1) is 5.82 Å². The second-order valence-corrected chi connectivity index (χ2v) is 4.58. The zero-order valence-corrected chi connectivity index (χ0v) is 11.4. The van der Waals surface area contributed by atoms with Crippen LogP contribution in [0.25, 0.3) is 0 Å². The van der Waals surface area contributed by atoms with Gasteiger partial charge in [-0.2, -0.15) is 0 Å². The lowest BCUT2D eigenvalue weighted by molar-refractivity contribution is -0.144. The Morgan fingerprint density at radius 3 is 2.37 bits per heavy atom. The van der Waals surface area contributed by atoms with E-state index < -0.39 is 23.2 Å². The zero-order chi connectivity index (χ0) is 14.6. The maximum atomic E-state index is 13.3. The summed E-state index contributed by atoms with van der Waals surface area (Å²) in [6, 6.07) is 3.58. The number of nitrogens with one attached hydrogen (secondary N) is 1. The Balaban J connectivity index is 3.00. The molecular formula is C13H15ClFNO3. The fraction of sp³-hybridized carbons (Fsp3) is 0.385. The van der Waals surface area contributed by atoms with Crippen molar-refractivity contribution in [3.63, 3.8) is 0 Å². The Labute approximate surface area is 115 Å². The first-order valence-corrected chi connectivity index (χ1v) is 6.25. The lowest BCUT2D eigenvalue weighted by Gasteiger charge is -2.28. The highest BCUT2D eigenvalue weighted by Gasteiger charge is 2.36. The van der Waals surface area contributed by atoms with Gasteiger partial charge >= 0.3 is 5.97 Å². The number of aliphatic carboxylic acids is 1. The van der Waals surface area contributed by atoms with Gasteiger partial charge in [-0.1, -0.05) is 25.4 Å². The van der Waals surface area contributed by atoms with Crippen LogP contribution in [0.5, 0.6) is 0 Å². The van der Waals surface area contributed by atoms with E-state index in [1.165, 1.54) is 12.1 Å². The molecule has 0 spiro atoms. The Morgan fingerprint density at radius 2 is 1.95 bits per heavy atom. The first-order chi connectivity index (χ1) is 8.86. The molecule has 0 bridgehead atoms. The molecule has 0 aliphatic rings.